The molecule has 1 N–H and O–H groups in total. The Bertz CT molecular complexity index is 1410. The number of allylic oxidation sites excluding steroid dienone is 3. The molecule has 0 aromatic heterocycles. The lowest BCUT2D eigenvalue weighted by molar-refractivity contribution is -0.152. The molecule has 6 heteroatoms. The number of hydrogen-bond acceptors (Lipinski definition) is 6. The predicted octanol–water partition coefficient (Wildman–Crippen LogP) is 16.2. The van der Waals surface area contributed by atoms with Gasteiger partial charge < -0.3 is 19.5 Å². The van der Waals surface area contributed by atoms with Gasteiger partial charge in [-0.3, -0.25) is 9.59 Å². The van der Waals surface area contributed by atoms with Crippen molar-refractivity contribution in [2.75, 3.05) is 26.2 Å². The largest absolute Gasteiger partial charge is 0.462 e. The van der Waals surface area contributed by atoms with Crippen LogP contribution in [0.1, 0.15) is 254 Å². The molecule has 6 nitrogen and oxygen atoms in total. The molecule has 3 fully saturated rings. The molecule has 0 spiro atoms. The third-order valence-electron chi connectivity index (χ3n) is 18.2. The van der Waals surface area contributed by atoms with Crippen molar-refractivity contribution in [2.24, 2.45) is 52.3 Å². The van der Waals surface area contributed by atoms with Gasteiger partial charge in [0, 0.05) is 25.9 Å². The average Bonchev–Trinajstić information content (AvgIpc) is 3.66. The van der Waals surface area contributed by atoms with E-state index >= 15 is 0 Å². The van der Waals surface area contributed by atoms with Gasteiger partial charge in [0.15, 0.2) is 0 Å². The van der Waals surface area contributed by atoms with Crippen LogP contribution in [0, 0.1) is 52.3 Å². The number of unbranched alkanes of at least 4 members (excludes halogenated alkanes) is 14. The lowest BCUT2D eigenvalue weighted by atomic mass is 9.47. The number of esters is 2. The molecule has 4 aliphatic rings. The normalized spacial score (nSPS) is 27.6. The smallest absolute Gasteiger partial charge is 0.306 e. The molecule has 0 aliphatic heterocycles. The molecular weight excluding hydrogens is 815 g/mol. The zero-order chi connectivity index (χ0) is 47.8. The van der Waals surface area contributed by atoms with Gasteiger partial charge in [0.05, 0.1) is 0 Å². The van der Waals surface area contributed by atoms with Crippen molar-refractivity contribution < 1.29 is 24.2 Å². The molecule has 0 radical (unpaired) electrons. The van der Waals surface area contributed by atoms with Crippen LogP contribution in [0.5, 0.6) is 0 Å². The number of hydrogen-bond donors (Lipinski definition) is 1. The number of aliphatic hydroxyl groups excluding tert-OH is 1. The lowest BCUT2D eigenvalue weighted by Crippen LogP contribution is -2.51. The van der Waals surface area contributed by atoms with Crippen LogP contribution < -0.4 is 0 Å². The zero-order valence-corrected chi connectivity index (χ0v) is 44.7. The van der Waals surface area contributed by atoms with E-state index in [1.165, 1.54) is 96.3 Å². The Morgan fingerprint density at radius 3 is 1.95 bits per heavy atom. The molecule has 10 atom stereocenters. The minimum absolute atomic E-state index is 0.00161. The topological polar surface area (TPSA) is 76.1 Å². The second kappa shape index (κ2) is 30.8. The van der Waals surface area contributed by atoms with Crippen molar-refractivity contribution in [3.05, 3.63) is 23.8 Å². The second-order valence-corrected chi connectivity index (χ2v) is 23.5. The summed E-state index contributed by atoms with van der Waals surface area (Å²) in [5.41, 5.74) is 2.33. The van der Waals surface area contributed by atoms with Crippen molar-refractivity contribution in [1.29, 1.82) is 0 Å². The van der Waals surface area contributed by atoms with Crippen LogP contribution in [-0.4, -0.2) is 60.4 Å². The van der Waals surface area contributed by atoms with E-state index in [0.29, 0.717) is 36.0 Å². The molecule has 0 amide bonds. The van der Waals surface area contributed by atoms with Gasteiger partial charge in [0.25, 0.3) is 0 Å². The summed E-state index contributed by atoms with van der Waals surface area (Å²) in [6, 6.07) is 0. The Balaban J connectivity index is 1.11. The number of carbonyl (C=O) groups is 2. The van der Waals surface area contributed by atoms with Crippen molar-refractivity contribution >= 4 is 11.9 Å². The van der Waals surface area contributed by atoms with E-state index in [4.69, 9.17) is 9.47 Å². The summed E-state index contributed by atoms with van der Waals surface area (Å²) in [6.07, 6.45) is 42.5. The lowest BCUT2D eigenvalue weighted by Gasteiger charge is -2.58. The molecule has 4 aliphatic carbocycles. The van der Waals surface area contributed by atoms with Crippen molar-refractivity contribution in [1.82, 2.24) is 4.90 Å². The average molecular weight is 923 g/mol. The first kappa shape index (κ1) is 56.9. The summed E-state index contributed by atoms with van der Waals surface area (Å²) in [6.45, 7) is 22.7. The highest BCUT2D eigenvalue weighted by atomic mass is 16.5. The number of rotatable bonds is 35. The minimum atomic E-state index is -0.00161. The van der Waals surface area contributed by atoms with Crippen LogP contribution in [0.2, 0.25) is 0 Å². The highest BCUT2D eigenvalue weighted by Crippen LogP contribution is 2.67. The Labute approximate surface area is 408 Å². The van der Waals surface area contributed by atoms with Gasteiger partial charge in [-0.05, 0) is 181 Å². The Hall–Kier alpha value is -1.66. The summed E-state index contributed by atoms with van der Waals surface area (Å²) >= 11 is 0. The van der Waals surface area contributed by atoms with E-state index in [-0.39, 0.29) is 36.2 Å². The molecule has 382 valence electrons. The molecule has 0 bridgehead atoms. The molecule has 3 saturated carbocycles. The van der Waals surface area contributed by atoms with Gasteiger partial charge in [-0.2, -0.15) is 0 Å². The summed E-state index contributed by atoms with van der Waals surface area (Å²) in [5.74, 6) is 5.24. The van der Waals surface area contributed by atoms with E-state index in [1.54, 1.807) is 5.57 Å². The van der Waals surface area contributed by atoms with E-state index in [2.05, 4.69) is 78.5 Å². The number of fused-ring (bicyclic) bond motifs is 5. The van der Waals surface area contributed by atoms with Gasteiger partial charge in [-0.15, -0.1) is 0 Å². The molecule has 4 rings (SSSR count). The molecule has 66 heavy (non-hydrogen) atoms. The first-order chi connectivity index (χ1) is 31.9. The number of aliphatic hydroxyl groups is 1. The van der Waals surface area contributed by atoms with Gasteiger partial charge in [-0.25, -0.2) is 0 Å². The Morgan fingerprint density at radius 2 is 1.29 bits per heavy atom. The third kappa shape index (κ3) is 18.3. The fourth-order valence-corrected chi connectivity index (χ4v) is 13.6. The molecule has 0 heterocycles. The van der Waals surface area contributed by atoms with E-state index in [0.717, 1.165) is 133 Å². The Morgan fingerprint density at radius 1 is 0.697 bits per heavy atom. The van der Waals surface area contributed by atoms with Gasteiger partial charge in [0.2, 0.25) is 0 Å². The zero-order valence-electron chi connectivity index (χ0n) is 44.7. The van der Waals surface area contributed by atoms with Crippen LogP contribution >= 0.6 is 0 Å². The van der Waals surface area contributed by atoms with Crippen molar-refractivity contribution in [3.8, 4) is 0 Å². The first-order valence-electron chi connectivity index (χ1n) is 29.0. The molecule has 0 aromatic carbocycles. The quantitative estimate of drug-likeness (QED) is 0.0388. The molecule has 0 saturated heterocycles. The number of nitrogens with zero attached hydrogens (tertiary/aromatic N) is 1. The minimum Gasteiger partial charge on any atom is -0.462 e. The molecular formula is C60H107NO5. The fraction of sp³-hybridized carbons (Fsp3) is 0.900. The van der Waals surface area contributed by atoms with Crippen LogP contribution in [-0.2, 0) is 19.1 Å². The highest BCUT2D eigenvalue weighted by molar-refractivity contribution is 5.69. The fourth-order valence-electron chi connectivity index (χ4n) is 13.6. The first-order valence-corrected chi connectivity index (χ1v) is 29.0. The monoisotopic (exact) mass is 922 g/mol. The maximum atomic E-state index is 13.2. The molecule has 0 aromatic rings. The number of carbonyl (C=O) groups excluding carboxylic acids is 2. The second-order valence-electron chi connectivity index (χ2n) is 23.5. The number of ether oxygens (including phenoxy) is 2. The highest BCUT2D eigenvalue weighted by Gasteiger charge is 2.59. The van der Waals surface area contributed by atoms with Gasteiger partial charge in [0.1, 0.15) is 12.2 Å². The Kier molecular flexibility index (Phi) is 26.6. The maximum absolute atomic E-state index is 13.2. The standard InChI is InChI=1S/C60H107NO5/c1-9-11-13-15-16-21-29-51(28-20-14-12-10-2)65-57(63)30-22-17-18-24-42-61(44-26-27-45-62)43-25-19-23-31-58(64)66-52-38-40-59(7)50(46-52)34-35-53-55-37-36-54(60(55,8)41-39-56(53)59)49(6)33-32-48(5)47(3)4/h32-34,47-49,51-56,62H,9-31,35-46H2,1-8H3/b33-32+. The predicted molar refractivity (Wildman–Crippen MR) is 278 cm³/mol. The third-order valence-corrected chi connectivity index (χ3v) is 18.2. The molecule has 10 unspecified atom stereocenters. The van der Waals surface area contributed by atoms with E-state index < -0.39 is 0 Å². The van der Waals surface area contributed by atoms with E-state index in [9.17, 15) is 14.7 Å². The van der Waals surface area contributed by atoms with Crippen molar-refractivity contribution in [2.45, 2.75) is 267 Å². The van der Waals surface area contributed by atoms with Crippen LogP contribution in [0.4, 0.5) is 0 Å². The SMILES string of the molecule is CCCCCCCCC(CCCCCC)OC(=O)CCCCCCN(CCCCO)CCCCCC(=O)OC1CCC2(C)C(=CCC3C2CCC2(C)C(C(C)/C=C/C(C)C(C)C)CCC32)C1. The summed E-state index contributed by atoms with van der Waals surface area (Å²) in [5, 5.41) is 9.42. The summed E-state index contributed by atoms with van der Waals surface area (Å²) < 4.78 is 12.3. The van der Waals surface area contributed by atoms with Crippen LogP contribution in [0.3, 0.4) is 0 Å². The van der Waals surface area contributed by atoms with Crippen molar-refractivity contribution in [3.63, 3.8) is 0 Å². The van der Waals surface area contributed by atoms with Gasteiger partial charge in [-0.1, -0.05) is 150 Å². The van der Waals surface area contributed by atoms with Crippen LogP contribution in [0.15, 0.2) is 23.8 Å². The maximum Gasteiger partial charge on any atom is 0.306 e. The van der Waals surface area contributed by atoms with Gasteiger partial charge >= 0.3 is 11.9 Å². The van der Waals surface area contributed by atoms with Crippen LogP contribution in [0.25, 0.3) is 0 Å². The van der Waals surface area contributed by atoms with E-state index in [1.807, 2.05) is 0 Å². The summed E-state index contributed by atoms with van der Waals surface area (Å²) in [4.78, 5) is 28.6. The summed E-state index contributed by atoms with van der Waals surface area (Å²) in [7, 11) is 0.